The molecule has 0 aromatic heterocycles. The minimum Gasteiger partial charge on any atom is -0.495 e. The first-order valence-corrected chi connectivity index (χ1v) is 8.46. The van der Waals surface area contributed by atoms with Gasteiger partial charge in [-0.15, -0.1) is 0 Å². The summed E-state index contributed by atoms with van der Waals surface area (Å²) >= 11 is 15.0. The lowest BCUT2D eigenvalue weighted by Crippen LogP contribution is -2.32. The molecule has 4 nitrogen and oxygen atoms in total. The highest BCUT2D eigenvalue weighted by molar-refractivity contribution is 9.10. The second kappa shape index (κ2) is 10.9. The van der Waals surface area contributed by atoms with E-state index < -0.39 is 7.12 Å². The minimum absolute atomic E-state index is 0. The predicted molar refractivity (Wildman–Crippen MR) is 110 cm³/mol. The first kappa shape index (κ1) is 24.1. The molecule has 0 aliphatic rings. The number of aryl methyl sites for hydroxylation is 2. The number of rotatable bonds is 3. The van der Waals surface area contributed by atoms with Gasteiger partial charge in [0.2, 0.25) is 0 Å². The average Bonchev–Trinajstić information content (AvgIpc) is 2.53. The zero-order valence-electron chi connectivity index (χ0n) is 13.7. The molecular weight excluding hydrogens is 430 g/mol. The van der Waals surface area contributed by atoms with Crippen molar-refractivity contribution in [3.63, 3.8) is 0 Å². The first-order valence-electron chi connectivity index (χ1n) is 6.91. The third-order valence-corrected chi connectivity index (χ3v) is 4.70. The molecule has 0 bridgehead atoms. The minimum atomic E-state index is -1.50. The van der Waals surface area contributed by atoms with Crippen molar-refractivity contribution in [2.75, 3.05) is 14.2 Å². The van der Waals surface area contributed by atoms with Gasteiger partial charge in [-0.25, -0.2) is 0 Å². The van der Waals surface area contributed by atoms with Crippen LogP contribution < -0.4 is 14.9 Å². The van der Waals surface area contributed by atoms with Gasteiger partial charge in [-0.1, -0.05) is 46.6 Å². The third kappa shape index (κ3) is 6.72. The van der Waals surface area contributed by atoms with Crippen LogP contribution in [0, 0.1) is 13.8 Å². The van der Waals surface area contributed by atoms with Gasteiger partial charge in [-0.2, -0.15) is 0 Å². The van der Waals surface area contributed by atoms with E-state index in [1.165, 1.54) is 13.2 Å². The molecule has 8 heteroatoms. The van der Waals surface area contributed by atoms with Crippen LogP contribution in [0.15, 0.2) is 28.7 Å². The van der Waals surface area contributed by atoms with Crippen LogP contribution in [0.4, 0.5) is 0 Å². The zero-order chi connectivity index (χ0) is 18.4. The maximum absolute atomic E-state index is 8.95. The van der Waals surface area contributed by atoms with Crippen LogP contribution in [0.3, 0.4) is 0 Å². The van der Waals surface area contributed by atoms with Crippen molar-refractivity contribution in [3.05, 3.63) is 49.9 Å². The molecule has 138 valence electrons. The van der Waals surface area contributed by atoms with Crippen molar-refractivity contribution < 1.29 is 19.5 Å². The Bertz CT molecular complexity index is 712. The summed E-state index contributed by atoms with van der Waals surface area (Å²) in [7, 11) is 1.62. The van der Waals surface area contributed by atoms with Crippen molar-refractivity contribution in [1.82, 2.24) is 0 Å². The molecule has 0 heterocycles. The first-order chi connectivity index (χ1) is 11.2. The van der Waals surface area contributed by atoms with E-state index >= 15 is 0 Å². The fraction of sp³-hybridized carbons (Fsp3) is 0.294. The Labute approximate surface area is 168 Å². The normalized spacial score (nSPS) is 9.48. The van der Waals surface area contributed by atoms with Crippen LogP contribution >= 0.6 is 39.1 Å². The molecular formula is C17H22BBrCl2O4. The molecule has 2 N–H and O–H groups in total. The summed E-state index contributed by atoms with van der Waals surface area (Å²) in [6.07, 6.45) is 0. The van der Waals surface area contributed by atoms with Gasteiger partial charge >= 0.3 is 7.12 Å². The summed E-state index contributed by atoms with van der Waals surface area (Å²) in [4.78, 5) is 0. The van der Waals surface area contributed by atoms with Crippen LogP contribution in [-0.4, -0.2) is 31.4 Å². The maximum Gasteiger partial charge on any atom is 0.488 e. The fourth-order valence-corrected chi connectivity index (χ4v) is 2.86. The molecule has 0 saturated carbocycles. The molecule has 2 aromatic rings. The largest absolute Gasteiger partial charge is 0.495 e. The van der Waals surface area contributed by atoms with Gasteiger partial charge in [-0.3, -0.25) is 0 Å². The van der Waals surface area contributed by atoms with Gasteiger partial charge in [0.15, 0.2) is 0 Å². The molecule has 0 unspecified atom stereocenters. The number of ether oxygens (including phenoxy) is 2. The molecule has 2 rings (SSSR count). The van der Waals surface area contributed by atoms with Gasteiger partial charge in [0.25, 0.3) is 0 Å². The zero-order valence-corrected chi connectivity index (χ0v) is 16.8. The third-order valence-electron chi connectivity index (χ3n) is 3.25. The monoisotopic (exact) mass is 450 g/mol. The van der Waals surface area contributed by atoms with Crippen LogP contribution in [0.5, 0.6) is 11.5 Å². The Morgan fingerprint density at radius 3 is 1.76 bits per heavy atom. The van der Waals surface area contributed by atoms with Crippen molar-refractivity contribution in [3.8, 4) is 11.5 Å². The SMILES string of the molecule is C.COc1cc(C)c(B(O)O)cc1Cl.COc1cc(C)c(Br)cc1Cl. The predicted octanol–water partition coefficient (Wildman–Crippen LogP) is 4.39. The van der Waals surface area contributed by atoms with Crippen molar-refractivity contribution in [2.24, 2.45) is 0 Å². The quantitative estimate of drug-likeness (QED) is 0.679. The summed E-state index contributed by atoms with van der Waals surface area (Å²) < 4.78 is 11.0. The second-order valence-electron chi connectivity index (χ2n) is 4.95. The van der Waals surface area contributed by atoms with Crippen LogP contribution in [-0.2, 0) is 0 Å². The molecule has 0 saturated heterocycles. The molecule has 2 aromatic carbocycles. The number of hydrogen-bond donors (Lipinski definition) is 2. The van der Waals surface area contributed by atoms with E-state index in [0.29, 0.717) is 27.0 Å². The number of hydrogen-bond acceptors (Lipinski definition) is 4. The summed E-state index contributed by atoms with van der Waals surface area (Å²) in [6, 6.07) is 6.87. The maximum atomic E-state index is 8.95. The Hall–Kier alpha value is -0.915. The van der Waals surface area contributed by atoms with Crippen LogP contribution in [0.2, 0.25) is 10.0 Å². The topological polar surface area (TPSA) is 58.9 Å². The second-order valence-corrected chi connectivity index (χ2v) is 6.62. The summed E-state index contributed by atoms with van der Waals surface area (Å²) in [5, 5.41) is 18.9. The highest BCUT2D eigenvalue weighted by Gasteiger charge is 2.16. The number of halogens is 3. The lowest BCUT2D eigenvalue weighted by Gasteiger charge is -2.08. The van der Waals surface area contributed by atoms with E-state index in [4.69, 9.17) is 42.7 Å². The lowest BCUT2D eigenvalue weighted by molar-refractivity contribution is 0.414. The molecule has 0 atom stereocenters. The van der Waals surface area contributed by atoms with Crippen LogP contribution in [0.25, 0.3) is 0 Å². The van der Waals surface area contributed by atoms with E-state index in [0.717, 1.165) is 15.6 Å². The van der Waals surface area contributed by atoms with Gasteiger partial charge in [-0.05, 0) is 54.7 Å². The van der Waals surface area contributed by atoms with Gasteiger partial charge < -0.3 is 19.5 Å². The standard InChI is InChI=1S/C8H10BClO3.C8H8BrClO.CH4/c1-5-3-8(13-2)7(10)4-6(5)9(11)12;1-5-3-8(11-2)7(10)4-6(5)9;/h3-4,11-12H,1-2H3;3-4H,1-2H3;1H4. The fourth-order valence-electron chi connectivity index (χ4n) is 1.89. The molecule has 0 radical (unpaired) electrons. The van der Waals surface area contributed by atoms with Gasteiger partial charge in [0.1, 0.15) is 11.5 Å². The van der Waals surface area contributed by atoms with E-state index in [1.54, 1.807) is 20.1 Å². The van der Waals surface area contributed by atoms with E-state index in [2.05, 4.69) is 15.9 Å². The summed E-state index contributed by atoms with van der Waals surface area (Å²) in [5.74, 6) is 1.25. The summed E-state index contributed by atoms with van der Waals surface area (Å²) in [5.41, 5.74) is 2.24. The molecule has 25 heavy (non-hydrogen) atoms. The smallest absolute Gasteiger partial charge is 0.488 e. The Morgan fingerprint density at radius 1 is 0.880 bits per heavy atom. The molecule has 0 aliphatic carbocycles. The van der Waals surface area contributed by atoms with Crippen molar-refractivity contribution >= 4 is 51.7 Å². The number of benzene rings is 2. The molecule has 0 spiro atoms. The lowest BCUT2D eigenvalue weighted by atomic mass is 9.77. The Balaban J connectivity index is 0.000000449. The molecule has 0 aliphatic heterocycles. The molecule has 0 fully saturated rings. The Morgan fingerprint density at radius 2 is 1.32 bits per heavy atom. The number of methoxy groups -OCH3 is 2. The van der Waals surface area contributed by atoms with Gasteiger partial charge in [0.05, 0.1) is 24.3 Å². The van der Waals surface area contributed by atoms with E-state index in [1.807, 2.05) is 19.1 Å². The van der Waals surface area contributed by atoms with Crippen LogP contribution in [0.1, 0.15) is 18.6 Å². The Kier molecular flexibility index (Phi) is 10.5. The highest BCUT2D eigenvalue weighted by Crippen LogP contribution is 2.30. The van der Waals surface area contributed by atoms with E-state index in [-0.39, 0.29) is 7.43 Å². The van der Waals surface area contributed by atoms with Crippen molar-refractivity contribution in [1.29, 1.82) is 0 Å². The van der Waals surface area contributed by atoms with Crippen molar-refractivity contribution in [2.45, 2.75) is 21.3 Å². The van der Waals surface area contributed by atoms with Gasteiger partial charge in [0, 0.05) is 4.47 Å². The highest BCUT2D eigenvalue weighted by atomic mass is 79.9. The van der Waals surface area contributed by atoms with E-state index in [9.17, 15) is 0 Å². The molecule has 0 amide bonds. The summed E-state index contributed by atoms with van der Waals surface area (Å²) in [6.45, 7) is 3.75. The average molecular weight is 452 g/mol.